The predicted molar refractivity (Wildman–Crippen MR) is 61.5 cm³/mol. The molecule has 0 heterocycles. The zero-order valence-electron chi connectivity index (χ0n) is 9.77. The summed E-state index contributed by atoms with van der Waals surface area (Å²) in [5.41, 5.74) is 0. The third-order valence-electron chi connectivity index (χ3n) is 2.46. The molecule has 0 rings (SSSR count). The Hall–Kier alpha value is -0.370. The molecule has 84 valence electrons. The van der Waals surface area contributed by atoms with Crippen LogP contribution in [0.3, 0.4) is 0 Å². The predicted octanol–water partition coefficient (Wildman–Crippen LogP) is 2.92. The highest BCUT2D eigenvalue weighted by molar-refractivity contribution is 5.75. The molecule has 0 saturated heterocycles. The van der Waals surface area contributed by atoms with E-state index in [0.717, 1.165) is 19.4 Å². The lowest BCUT2D eigenvalue weighted by molar-refractivity contribution is -0.117. The van der Waals surface area contributed by atoms with Gasteiger partial charge in [0, 0.05) is 6.42 Å². The van der Waals surface area contributed by atoms with E-state index in [1.807, 2.05) is 7.05 Å². The van der Waals surface area contributed by atoms with Crippen molar-refractivity contribution in [3.8, 4) is 0 Å². The summed E-state index contributed by atoms with van der Waals surface area (Å²) in [5.74, 6) is 0.332. The van der Waals surface area contributed by atoms with Gasteiger partial charge in [0.15, 0.2) is 0 Å². The minimum absolute atomic E-state index is 0.332. The third-order valence-corrected chi connectivity index (χ3v) is 2.46. The second-order valence-electron chi connectivity index (χ2n) is 4.03. The van der Waals surface area contributed by atoms with Gasteiger partial charge in [-0.25, -0.2) is 0 Å². The van der Waals surface area contributed by atoms with E-state index in [4.69, 9.17) is 0 Å². The van der Waals surface area contributed by atoms with Crippen molar-refractivity contribution in [3.05, 3.63) is 0 Å². The Morgan fingerprint density at radius 2 is 1.43 bits per heavy atom. The molecule has 0 unspecified atom stereocenters. The van der Waals surface area contributed by atoms with Gasteiger partial charge in [0.25, 0.3) is 0 Å². The first-order valence-corrected chi connectivity index (χ1v) is 5.91. The summed E-state index contributed by atoms with van der Waals surface area (Å²) in [5, 5.41) is 3.15. The quantitative estimate of drug-likeness (QED) is 0.548. The van der Waals surface area contributed by atoms with Crippen molar-refractivity contribution in [2.75, 3.05) is 13.6 Å². The van der Waals surface area contributed by atoms with Gasteiger partial charge in [-0.2, -0.15) is 0 Å². The maximum atomic E-state index is 10.6. The van der Waals surface area contributed by atoms with Gasteiger partial charge in [0.1, 0.15) is 5.78 Å². The number of Topliss-reactive ketones (excluding diaryl/α,β-unsaturated/α-hetero) is 1. The van der Waals surface area contributed by atoms with Crippen molar-refractivity contribution in [1.82, 2.24) is 5.32 Å². The molecule has 0 aromatic heterocycles. The van der Waals surface area contributed by atoms with Crippen LogP contribution >= 0.6 is 0 Å². The first-order valence-electron chi connectivity index (χ1n) is 5.91. The lowest BCUT2D eigenvalue weighted by Gasteiger charge is -2.01. The van der Waals surface area contributed by atoms with E-state index in [0.29, 0.717) is 5.78 Å². The van der Waals surface area contributed by atoms with Crippen LogP contribution in [-0.4, -0.2) is 19.4 Å². The van der Waals surface area contributed by atoms with E-state index in [1.165, 1.54) is 38.5 Å². The summed E-state index contributed by atoms with van der Waals surface area (Å²) < 4.78 is 0. The highest BCUT2D eigenvalue weighted by atomic mass is 16.1. The van der Waals surface area contributed by atoms with E-state index in [-0.39, 0.29) is 0 Å². The Bertz CT molecular complexity index is 134. The monoisotopic (exact) mass is 199 g/mol. The molecule has 0 fully saturated rings. The highest BCUT2D eigenvalue weighted by Gasteiger charge is 1.94. The number of carbonyl (C=O) groups is 1. The average Bonchev–Trinajstić information content (AvgIpc) is 2.15. The number of ketones is 1. The maximum absolute atomic E-state index is 10.6. The molecule has 0 aromatic carbocycles. The molecular weight excluding hydrogens is 174 g/mol. The van der Waals surface area contributed by atoms with Crippen LogP contribution in [0.4, 0.5) is 0 Å². The Morgan fingerprint density at radius 1 is 0.929 bits per heavy atom. The Kier molecular flexibility index (Phi) is 10.4. The van der Waals surface area contributed by atoms with Gasteiger partial charge < -0.3 is 10.1 Å². The van der Waals surface area contributed by atoms with Crippen LogP contribution in [0.2, 0.25) is 0 Å². The number of hydrogen-bond donors (Lipinski definition) is 1. The topological polar surface area (TPSA) is 29.1 Å². The van der Waals surface area contributed by atoms with Gasteiger partial charge in [0.2, 0.25) is 0 Å². The molecule has 2 heteroatoms. The van der Waals surface area contributed by atoms with Gasteiger partial charge >= 0.3 is 0 Å². The van der Waals surface area contributed by atoms with Crippen LogP contribution in [0.1, 0.15) is 58.3 Å². The molecule has 0 atom stereocenters. The number of carbonyl (C=O) groups excluding carboxylic acids is 1. The van der Waals surface area contributed by atoms with Crippen molar-refractivity contribution in [2.45, 2.75) is 58.3 Å². The first-order chi connectivity index (χ1) is 6.77. The molecule has 1 N–H and O–H groups in total. The normalized spacial score (nSPS) is 10.4. The minimum atomic E-state index is 0.332. The third kappa shape index (κ3) is 11.6. The Morgan fingerprint density at radius 3 is 1.93 bits per heavy atom. The van der Waals surface area contributed by atoms with Crippen molar-refractivity contribution >= 4 is 5.78 Å². The molecule has 0 amide bonds. The van der Waals surface area contributed by atoms with Crippen molar-refractivity contribution in [3.63, 3.8) is 0 Å². The first kappa shape index (κ1) is 13.6. The summed E-state index contributed by atoms with van der Waals surface area (Å²) >= 11 is 0. The fourth-order valence-electron chi connectivity index (χ4n) is 1.56. The van der Waals surface area contributed by atoms with E-state index in [1.54, 1.807) is 6.92 Å². The number of hydrogen-bond acceptors (Lipinski definition) is 2. The van der Waals surface area contributed by atoms with Gasteiger partial charge in [-0.05, 0) is 33.4 Å². The van der Waals surface area contributed by atoms with Gasteiger partial charge in [-0.3, -0.25) is 0 Å². The second-order valence-corrected chi connectivity index (χ2v) is 4.03. The van der Waals surface area contributed by atoms with E-state index in [9.17, 15) is 4.79 Å². The smallest absolute Gasteiger partial charge is 0.129 e. The molecule has 0 aliphatic heterocycles. The second kappa shape index (κ2) is 10.7. The molecule has 0 spiro atoms. The van der Waals surface area contributed by atoms with Crippen LogP contribution in [0.25, 0.3) is 0 Å². The molecule has 0 bridgehead atoms. The molecule has 0 radical (unpaired) electrons. The number of nitrogens with one attached hydrogen (secondary N) is 1. The van der Waals surface area contributed by atoms with Gasteiger partial charge in [0.05, 0.1) is 0 Å². The van der Waals surface area contributed by atoms with Gasteiger partial charge in [-0.15, -0.1) is 0 Å². The fourth-order valence-corrected chi connectivity index (χ4v) is 1.56. The van der Waals surface area contributed by atoms with E-state index in [2.05, 4.69) is 5.32 Å². The lowest BCUT2D eigenvalue weighted by Crippen LogP contribution is -2.06. The van der Waals surface area contributed by atoms with E-state index < -0.39 is 0 Å². The molecule has 0 aromatic rings. The van der Waals surface area contributed by atoms with Crippen molar-refractivity contribution in [1.29, 1.82) is 0 Å². The number of unbranched alkanes of at least 4 members (excludes halogenated alkanes) is 6. The molecular formula is C12H25NO. The van der Waals surface area contributed by atoms with Crippen molar-refractivity contribution < 1.29 is 4.79 Å². The lowest BCUT2D eigenvalue weighted by atomic mass is 10.1. The van der Waals surface area contributed by atoms with Crippen LogP contribution in [-0.2, 0) is 4.79 Å². The van der Waals surface area contributed by atoms with Crippen LogP contribution in [0.15, 0.2) is 0 Å². The SMILES string of the molecule is CNCCCCCCCCCC(C)=O. The molecule has 2 nitrogen and oxygen atoms in total. The van der Waals surface area contributed by atoms with Crippen LogP contribution in [0.5, 0.6) is 0 Å². The minimum Gasteiger partial charge on any atom is -0.320 e. The zero-order chi connectivity index (χ0) is 10.6. The molecule has 0 aliphatic rings. The summed E-state index contributed by atoms with van der Waals surface area (Å²) in [4.78, 5) is 10.6. The van der Waals surface area contributed by atoms with Crippen molar-refractivity contribution in [2.24, 2.45) is 0 Å². The summed E-state index contributed by atoms with van der Waals surface area (Å²) in [6.45, 7) is 2.82. The molecule has 14 heavy (non-hydrogen) atoms. The van der Waals surface area contributed by atoms with Crippen LogP contribution < -0.4 is 5.32 Å². The standard InChI is InChI=1S/C12H25NO/c1-12(14)10-8-6-4-3-5-7-9-11-13-2/h13H,3-11H2,1-2H3. The summed E-state index contributed by atoms with van der Waals surface area (Å²) in [6.07, 6.45) is 9.71. The van der Waals surface area contributed by atoms with Gasteiger partial charge in [-0.1, -0.05) is 32.1 Å². The summed E-state index contributed by atoms with van der Waals surface area (Å²) in [6, 6.07) is 0. The maximum Gasteiger partial charge on any atom is 0.129 e. The number of rotatable bonds is 10. The summed E-state index contributed by atoms with van der Waals surface area (Å²) in [7, 11) is 2.00. The highest BCUT2D eigenvalue weighted by Crippen LogP contribution is 2.08. The Balaban J connectivity index is 2.88. The van der Waals surface area contributed by atoms with Crippen LogP contribution in [0, 0.1) is 0 Å². The van der Waals surface area contributed by atoms with E-state index >= 15 is 0 Å². The Labute approximate surface area is 88.5 Å². The zero-order valence-corrected chi connectivity index (χ0v) is 9.77. The average molecular weight is 199 g/mol. The molecule has 0 saturated carbocycles. The fraction of sp³-hybridized carbons (Fsp3) is 0.917. The molecule has 0 aliphatic carbocycles. The largest absolute Gasteiger partial charge is 0.320 e.